The minimum absolute atomic E-state index is 0.0223. The maximum atomic E-state index is 12.1. The predicted octanol–water partition coefficient (Wildman–Crippen LogP) is 1.54. The zero-order valence-electron chi connectivity index (χ0n) is 12.9. The summed E-state index contributed by atoms with van der Waals surface area (Å²) in [5.74, 6) is 0.770. The van der Waals surface area contributed by atoms with Crippen molar-refractivity contribution >= 4 is 11.7 Å². The van der Waals surface area contributed by atoms with E-state index in [0.29, 0.717) is 12.5 Å². The minimum atomic E-state index is 0.0223. The molecule has 0 radical (unpaired) electrons. The average molecular weight is 303 g/mol. The molecule has 0 aliphatic carbocycles. The number of carbonyl (C=O) groups is 1. The molecule has 0 saturated carbocycles. The minimum Gasteiger partial charge on any atom is -0.396 e. The van der Waals surface area contributed by atoms with Gasteiger partial charge in [0, 0.05) is 50.9 Å². The Kier molecular flexibility index (Phi) is 4.83. The average Bonchev–Trinajstić information content (AvgIpc) is 3.22. The largest absolute Gasteiger partial charge is 0.396 e. The number of hydrogen-bond donors (Lipinski definition) is 2. The Morgan fingerprint density at radius 1 is 1.14 bits per heavy atom. The van der Waals surface area contributed by atoms with Crippen LogP contribution < -0.4 is 10.2 Å². The number of benzene rings is 1. The van der Waals surface area contributed by atoms with Gasteiger partial charge < -0.3 is 20.2 Å². The molecule has 120 valence electrons. The molecule has 3 rings (SSSR count). The number of carbonyl (C=O) groups excluding carboxylic acids is 1. The molecule has 2 aliphatic rings. The van der Waals surface area contributed by atoms with Crippen molar-refractivity contribution in [2.45, 2.75) is 12.8 Å². The Bertz CT molecular complexity index is 494. The Hall–Kier alpha value is -1.75. The second-order valence-corrected chi connectivity index (χ2v) is 6.41. The molecular weight excluding hydrogens is 278 g/mol. The van der Waals surface area contributed by atoms with Gasteiger partial charge in [-0.2, -0.15) is 0 Å². The second kappa shape index (κ2) is 7.01. The van der Waals surface area contributed by atoms with E-state index >= 15 is 0 Å². The number of anilines is 1. The monoisotopic (exact) mass is 303 g/mol. The van der Waals surface area contributed by atoms with Gasteiger partial charge in [0.15, 0.2) is 0 Å². The van der Waals surface area contributed by atoms with Gasteiger partial charge in [0.25, 0.3) is 0 Å². The van der Waals surface area contributed by atoms with Gasteiger partial charge in [0.1, 0.15) is 0 Å². The fourth-order valence-electron chi connectivity index (χ4n) is 3.38. The number of aliphatic hydroxyl groups is 1. The zero-order valence-corrected chi connectivity index (χ0v) is 12.9. The summed E-state index contributed by atoms with van der Waals surface area (Å²) < 4.78 is 0. The first-order valence-electron chi connectivity index (χ1n) is 8.20. The van der Waals surface area contributed by atoms with E-state index < -0.39 is 0 Å². The summed E-state index contributed by atoms with van der Waals surface area (Å²) >= 11 is 0. The predicted molar refractivity (Wildman–Crippen MR) is 86.9 cm³/mol. The van der Waals surface area contributed by atoms with Crippen molar-refractivity contribution in [3.05, 3.63) is 30.3 Å². The highest BCUT2D eigenvalue weighted by Crippen LogP contribution is 2.23. The van der Waals surface area contributed by atoms with Crippen LogP contribution in [-0.2, 0) is 0 Å². The highest BCUT2D eigenvalue weighted by molar-refractivity contribution is 5.74. The molecule has 1 aromatic carbocycles. The maximum Gasteiger partial charge on any atom is 0.317 e. The lowest BCUT2D eigenvalue weighted by molar-refractivity contribution is 0.197. The summed E-state index contributed by atoms with van der Waals surface area (Å²) in [7, 11) is 0. The van der Waals surface area contributed by atoms with Crippen molar-refractivity contribution in [1.82, 2.24) is 10.2 Å². The van der Waals surface area contributed by atoms with Crippen molar-refractivity contribution in [1.29, 1.82) is 0 Å². The Balaban J connectivity index is 1.42. The standard InChI is InChI=1S/C17H25N3O2/c21-13-15-7-9-20(12-15)17(22)18-10-14-6-8-19(11-14)16-4-2-1-3-5-16/h1-5,14-15,21H,6-13H2,(H,18,22). The molecular formula is C17H25N3O2. The zero-order chi connectivity index (χ0) is 15.4. The van der Waals surface area contributed by atoms with Gasteiger partial charge in [-0.1, -0.05) is 18.2 Å². The lowest BCUT2D eigenvalue weighted by Gasteiger charge is -2.20. The molecule has 2 fully saturated rings. The lowest BCUT2D eigenvalue weighted by Crippen LogP contribution is -2.41. The molecule has 5 nitrogen and oxygen atoms in total. The van der Waals surface area contributed by atoms with Crippen molar-refractivity contribution in [2.24, 2.45) is 11.8 Å². The Morgan fingerprint density at radius 2 is 1.91 bits per heavy atom. The van der Waals surface area contributed by atoms with Crippen molar-refractivity contribution in [2.75, 3.05) is 44.2 Å². The lowest BCUT2D eigenvalue weighted by atomic mass is 10.1. The number of urea groups is 1. The molecule has 2 heterocycles. The van der Waals surface area contributed by atoms with Crippen LogP contribution in [0.1, 0.15) is 12.8 Å². The number of nitrogens with one attached hydrogen (secondary N) is 1. The quantitative estimate of drug-likeness (QED) is 0.887. The smallest absolute Gasteiger partial charge is 0.317 e. The van der Waals surface area contributed by atoms with Crippen LogP contribution in [0.15, 0.2) is 30.3 Å². The van der Waals surface area contributed by atoms with Crippen LogP contribution in [0, 0.1) is 11.8 Å². The molecule has 0 aromatic heterocycles. The van der Waals surface area contributed by atoms with E-state index in [4.69, 9.17) is 5.11 Å². The third-order valence-electron chi connectivity index (χ3n) is 4.78. The summed E-state index contributed by atoms with van der Waals surface area (Å²) in [4.78, 5) is 16.3. The Morgan fingerprint density at radius 3 is 2.64 bits per heavy atom. The van der Waals surface area contributed by atoms with Gasteiger partial charge in [-0.3, -0.25) is 0 Å². The molecule has 1 aromatic rings. The maximum absolute atomic E-state index is 12.1. The molecule has 2 N–H and O–H groups in total. The van der Waals surface area contributed by atoms with Gasteiger partial charge in [-0.05, 0) is 30.9 Å². The SMILES string of the molecule is O=C(NCC1CCN(c2ccccc2)C1)N1CCC(CO)C1. The molecule has 2 atom stereocenters. The van der Waals surface area contributed by atoms with Crippen LogP contribution in [0.25, 0.3) is 0 Å². The van der Waals surface area contributed by atoms with E-state index in [1.165, 1.54) is 5.69 Å². The van der Waals surface area contributed by atoms with E-state index in [1.807, 2.05) is 11.0 Å². The highest BCUT2D eigenvalue weighted by Gasteiger charge is 2.27. The topological polar surface area (TPSA) is 55.8 Å². The second-order valence-electron chi connectivity index (χ2n) is 6.41. The number of hydrogen-bond acceptors (Lipinski definition) is 3. The summed E-state index contributed by atoms with van der Waals surface area (Å²) in [5.41, 5.74) is 1.27. The molecule has 2 saturated heterocycles. The van der Waals surface area contributed by atoms with Gasteiger partial charge >= 0.3 is 6.03 Å². The molecule has 0 bridgehead atoms. The fraction of sp³-hybridized carbons (Fsp3) is 0.588. The molecule has 2 aliphatic heterocycles. The molecule has 2 unspecified atom stereocenters. The molecule has 22 heavy (non-hydrogen) atoms. The van der Waals surface area contributed by atoms with Crippen LogP contribution in [0.3, 0.4) is 0 Å². The van der Waals surface area contributed by atoms with Crippen LogP contribution in [0.5, 0.6) is 0 Å². The number of aliphatic hydroxyl groups excluding tert-OH is 1. The summed E-state index contributed by atoms with van der Waals surface area (Å²) in [6.45, 7) is 4.42. The van der Waals surface area contributed by atoms with E-state index in [1.54, 1.807) is 0 Å². The summed E-state index contributed by atoms with van der Waals surface area (Å²) in [6, 6.07) is 10.5. The highest BCUT2D eigenvalue weighted by atomic mass is 16.3. The third-order valence-corrected chi connectivity index (χ3v) is 4.78. The number of amides is 2. The van der Waals surface area contributed by atoms with Crippen molar-refractivity contribution in [3.8, 4) is 0 Å². The van der Waals surface area contributed by atoms with Crippen molar-refractivity contribution < 1.29 is 9.90 Å². The van der Waals surface area contributed by atoms with Crippen LogP contribution in [0.4, 0.5) is 10.5 Å². The molecule has 5 heteroatoms. The van der Waals surface area contributed by atoms with E-state index in [9.17, 15) is 4.79 Å². The van der Waals surface area contributed by atoms with E-state index in [0.717, 1.165) is 39.0 Å². The van der Waals surface area contributed by atoms with Gasteiger partial charge in [-0.25, -0.2) is 4.79 Å². The number of likely N-dealkylation sites (tertiary alicyclic amines) is 1. The molecule has 2 amide bonds. The number of nitrogens with zero attached hydrogens (tertiary/aromatic N) is 2. The first-order valence-corrected chi connectivity index (χ1v) is 8.20. The van der Waals surface area contributed by atoms with Gasteiger partial charge in [0.05, 0.1) is 0 Å². The van der Waals surface area contributed by atoms with Crippen LogP contribution >= 0.6 is 0 Å². The first kappa shape index (κ1) is 15.2. The Labute approximate surface area is 131 Å². The van der Waals surface area contributed by atoms with Gasteiger partial charge in [0.2, 0.25) is 0 Å². The van der Waals surface area contributed by atoms with E-state index in [-0.39, 0.29) is 18.6 Å². The van der Waals surface area contributed by atoms with Crippen molar-refractivity contribution in [3.63, 3.8) is 0 Å². The summed E-state index contributed by atoms with van der Waals surface area (Å²) in [5, 5.41) is 12.2. The number of rotatable bonds is 4. The first-order chi connectivity index (χ1) is 10.8. The van der Waals surface area contributed by atoms with E-state index in [2.05, 4.69) is 34.5 Å². The summed E-state index contributed by atoms with van der Waals surface area (Å²) in [6.07, 6.45) is 2.03. The van der Waals surface area contributed by atoms with Crippen LogP contribution in [0.2, 0.25) is 0 Å². The van der Waals surface area contributed by atoms with Gasteiger partial charge in [-0.15, -0.1) is 0 Å². The fourth-order valence-corrected chi connectivity index (χ4v) is 3.38. The molecule has 0 spiro atoms. The number of para-hydroxylation sites is 1. The van der Waals surface area contributed by atoms with Crippen LogP contribution in [-0.4, -0.2) is 55.4 Å². The third kappa shape index (κ3) is 3.53. The normalized spacial score (nSPS) is 24.8.